The minimum Gasteiger partial charge on any atom is -0.388 e. The topological polar surface area (TPSA) is 46.2 Å². The Hall–Kier alpha value is -0.300. The third kappa shape index (κ3) is 5.25. The van der Waals surface area contributed by atoms with Crippen molar-refractivity contribution in [2.75, 3.05) is 0 Å². The Morgan fingerprint density at radius 2 is 1.71 bits per heavy atom. The van der Waals surface area contributed by atoms with Crippen LogP contribution >= 0.6 is 28.3 Å². The summed E-state index contributed by atoms with van der Waals surface area (Å²) in [6, 6.07) is 4.40. The minimum atomic E-state index is -4.48. The zero-order chi connectivity index (χ0) is 12.3. The largest absolute Gasteiger partial charge is 0.403 e. The van der Waals surface area contributed by atoms with E-state index in [1.807, 2.05) is 0 Å². The molecule has 0 radical (unpaired) electrons. The van der Waals surface area contributed by atoms with Crippen LogP contribution in [0.4, 0.5) is 13.2 Å². The molecule has 0 spiro atoms. The molecule has 1 aromatic rings. The summed E-state index contributed by atoms with van der Waals surface area (Å²) >= 11 is 3.19. The predicted molar refractivity (Wildman–Crippen MR) is 65.0 cm³/mol. The smallest absolute Gasteiger partial charge is 0.388 e. The molecule has 0 amide bonds. The highest BCUT2D eigenvalue weighted by Crippen LogP contribution is 2.27. The highest BCUT2D eigenvalue weighted by atomic mass is 79.9. The first-order chi connectivity index (χ1) is 7.30. The van der Waals surface area contributed by atoms with Crippen LogP contribution in [0.2, 0.25) is 0 Å². The van der Waals surface area contributed by atoms with E-state index in [1.54, 1.807) is 24.3 Å². The van der Waals surface area contributed by atoms with E-state index in [0.29, 0.717) is 5.56 Å². The lowest BCUT2D eigenvalue weighted by molar-refractivity contribution is -0.153. The van der Waals surface area contributed by atoms with E-state index < -0.39 is 24.7 Å². The molecular formula is C10H12BrClF3NO. The van der Waals surface area contributed by atoms with Crippen LogP contribution in [0.15, 0.2) is 28.7 Å². The summed E-state index contributed by atoms with van der Waals surface area (Å²) in [6.45, 7) is 0. The second-order valence-electron chi connectivity index (χ2n) is 3.45. The SMILES string of the molecule is Cl.N[C@@H](C[C@H](O)c1ccc(Br)cc1)C(F)(F)F. The first kappa shape index (κ1) is 16.7. The Morgan fingerprint density at radius 1 is 1.24 bits per heavy atom. The van der Waals surface area contributed by atoms with Crippen molar-refractivity contribution in [3.05, 3.63) is 34.3 Å². The quantitative estimate of drug-likeness (QED) is 0.892. The van der Waals surface area contributed by atoms with E-state index in [0.717, 1.165) is 4.47 Å². The van der Waals surface area contributed by atoms with Crippen LogP contribution in [-0.2, 0) is 0 Å². The van der Waals surface area contributed by atoms with Crippen molar-refractivity contribution in [2.24, 2.45) is 5.73 Å². The van der Waals surface area contributed by atoms with E-state index in [4.69, 9.17) is 5.73 Å². The molecule has 1 aromatic carbocycles. The second-order valence-corrected chi connectivity index (χ2v) is 4.37. The predicted octanol–water partition coefficient (Wildman–Crippen LogP) is 3.18. The average molecular weight is 335 g/mol. The number of halogens is 5. The molecule has 0 heterocycles. The van der Waals surface area contributed by atoms with E-state index in [2.05, 4.69) is 15.9 Å². The normalized spacial score (nSPS) is 14.9. The number of hydrogen-bond donors (Lipinski definition) is 2. The summed E-state index contributed by atoms with van der Waals surface area (Å²) in [5.74, 6) is 0. The minimum absolute atomic E-state index is 0. The molecule has 17 heavy (non-hydrogen) atoms. The monoisotopic (exact) mass is 333 g/mol. The molecule has 0 saturated carbocycles. The molecule has 0 bridgehead atoms. The van der Waals surface area contributed by atoms with Crippen molar-refractivity contribution >= 4 is 28.3 Å². The molecule has 0 aliphatic carbocycles. The lowest BCUT2D eigenvalue weighted by Gasteiger charge is -2.19. The van der Waals surface area contributed by atoms with Crippen molar-refractivity contribution in [1.82, 2.24) is 0 Å². The summed E-state index contributed by atoms with van der Waals surface area (Å²) in [6.07, 6.45) is -6.22. The van der Waals surface area contributed by atoms with E-state index in [-0.39, 0.29) is 12.4 Å². The second kappa shape index (κ2) is 6.58. The Balaban J connectivity index is 0.00000256. The van der Waals surface area contributed by atoms with Crippen LogP contribution in [-0.4, -0.2) is 17.3 Å². The lowest BCUT2D eigenvalue weighted by atomic mass is 10.0. The summed E-state index contributed by atoms with van der Waals surface area (Å²) < 4.78 is 37.2. The van der Waals surface area contributed by atoms with Gasteiger partial charge >= 0.3 is 6.18 Å². The lowest BCUT2D eigenvalue weighted by Crippen LogP contribution is -2.38. The third-order valence-electron chi connectivity index (χ3n) is 2.15. The molecule has 98 valence electrons. The Kier molecular flexibility index (Phi) is 6.47. The number of alkyl halides is 3. The highest BCUT2D eigenvalue weighted by molar-refractivity contribution is 9.10. The van der Waals surface area contributed by atoms with Gasteiger partial charge in [-0.2, -0.15) is 13.2 Å². The van der Waals surface area contributed by atoms with Gasteiger partial charge in [0.2, 0.25) is 0 Å². The molecule has 0 aromatic heterocycles. The van der Waals surface area contributed by atoms with Crippen molar-refractivity contribution < 1.29 is 18.3 Å². The maximum Gasteiger partial charge on any atom is 0.403 e. The van der Waals surface area contributed by atoms with Gasteiger partial charge in [-0.3, -0.25) is 0 Å². The molecule has 2 atom stereocenters. The molecule has 3 N–H and O–H groups in total. The molecule has 1 rings (SSSR count). The zero-order valence-corrected chi connectivity index (χ0v) is 11.0. The Labute approximate surface area is 112 Å². The van der Waals surface area contributed by atoms with Crippen LogP contribution in [0.3, 0.4) is 0 Å². The highest BCUT2D eigenvalue weighted by Gasteiger charge is 2.37. The maximum atomic E-state index is 12.1. The zero-order valence-electron chi connectivity index (χ0n) is 8.62. The van der Waals surface area contributed by atoms with Gasteiger partial charge in [0.25, 0.3) is 0 Å². The number of aliphatic hydroxyl groups excluding tert-OH is 1. The molecule has 0 unspecified atom stereocenters. The number of rotatable bonds is 3. The first-order valence-electron chi connectivity index (χ1n) is 4.56. The van der Waals surface area contributed by atoms with E-state index in [1.165, 1.54) is 0 Å². The summed E-state index contributed by atoms with van der Waals surface area (Å²) in [4.78, 5) is 0. The van der Waals surface area contributed by atoms with Gasteiger partial charge in [-0.15, -0.1) is 12.4 Å². The summed E-state index contributed by atoms with van der Waals surface area (Å²) in [5, 5.41) is 9.55. The van der Waals surface area contributed by atoms with Crippen LogP contribution in [0.1, 0.15) is 18.1 Å². The number of hydrogen-bond acceptors (Lipinski definition) is 2. The first-order valence-corrected chi connectivity index (χ1v) is 5.36. The molecule has 0 fully saturated rings. The fraction of sp³-hybridized carbons (Fsp3) is 0.400. The molecular weight excluding hydrogens is 322 g/mol. The maximum absolute atomic E-state index is 12.1. The van der Waals surface area contributed by atoms with Gasteiger partial charge in [0.05, 0.1) is 6.10 Å². The number of nitrogens with two attached hydrogens (primary N) is 1. The Morgan fingerprint density at radius 3 is 2.12 bits per heavy atom. The molecule has 2 nitrogen and oxygen atoms in total. The Bertz CT molecular complexity index is 344. The number of benzene rings is 1. The van der Waals surface area contributed by atoms with Gasteiger partial charge in [0, 0.05) is 10.9 Å². The van der Waals surface area contributed by atoms with Gasteiger partial charge in [-0.05, 0) is 17.7 Å². The summed E-state index contributed by atoms with van der Waals surface area (Å²) in [5.41, 5.74) is 5.34. The molecule has 7 heteroatoms. The van der Waals surface area contributed by atoms with E-state index in [9.17, 15) is 18.3 Å². The van der Waals surface area contributed by atoms with Gasteiger partial charge in [0.15, 0.2) is 0 Å². The molecule has 0 saturated heterocycles. The fourth-order valence-corrected chi connectivity index (χ4v) is 1.46. The van der Waals surface area contributed by atoms with E-state index >= 15 is 0 Å². The average Bonchev–Trinajstić information content (AvgIpc) is 2.17. The van der Waals surface area contributed by atoms with Crippen LogP contribution in [0.25, 0.3) is 0 Å². The van der Waals surface area contributed by atoms with Crippen molar-refractivity contribution in [3.8, 4) is 0 Å². The van der Waals surface area contributed by atoms with Crippen molar-refractivity contribution in [2.45, 2.75) is 24.7 Å². The summed E-state index contributed by atoms with van der Waals surface area (Å²) in [7, 11) is 0. The number of aliphatic hydroxyl groups is 1. The van der Waals surface area contributed by atoms with Crippen molar-refractivity contribution in [1.29, 1.82) is 0 Å². The third-order valence-corrected chi connectivity index (χ3v) is 2.68. The van der Waals surface area contributed by atoms with Crippen molar-refractivity contribution in [3.63, 3.8) is 0 Å². The van der Waals surface area contributed by atoms with Crippen LogP contribution in [0.5, 0.6) is 0 Å². The van der Waals surface area contributed by atoms with Gasteiger partial charge < -0.3 is 10.8 Å². The van der Waals surface area contributed by atoms with Gasteiger partial charge in [-0.25, -0.2) is 0 Å². The van der Waals surface area contributed by atoms with Gasteiger partial charge in [-0.1, -0.05) is 28.1 Å². The fourth-order valence-electron chi connectivity index (χ4n) is 1.20. The van der Waals surface area contributed by atoms with Crippen LogP contribution in [0, 0.1) is 0 Å². The molecule has 0 aliphatic heterocycles. The van der Waals surface area contributed by atoms with Gasteiger partial charge in [0.1, 0.15) is 6.04 Å². The standard InChI is InChI=1S/C10H11BrF3NO.ClH/c11-7-3-1-6(2-4-7)8(16)5-9(15)10(12,13)14;/h1-4,8-9,16H,5,15H2;1H/t8-,9-;/m0./s1. The molecule has 0 aliphatic rings. The van der Waals surface area contributed by atoms with Crippen LogP contribution < -0.4 is 5.73 Å².